The lowest BCUT2D eigenvalue weighted by Crippen LogP contribution is -2.66. The molecule has 19 heavy (non-hydrogen) atoms. The summed E-state index contributed by atoms with van der Waals surface area (Å²) in [5.41, 5.74) is 0.0390. The van der Waals surface area contributed by atoms with E-state index in [-0.39, 0.29) is 17.6 Å². The standard InChI is InChI=1S/C13H26N2O3S/c1-4-18-12-10-11(14-19(16,17)15(2)3)13(12)8-6-5-7-9-13/h11-12,14H,4-10H2,1-3H3/t11-,12+/m0/s1. The van der Waals surface area contributed by atoms with Gasteiger partial charge in [0.1, 0.15) is 0 Å². The first-order valence-corrected chi connectivity index (χ1v) is 8.68. The van der Waals surface area contributed by atoms with Crippen LogP contribution in [0.15, 0.2) is 0 Å². The topological polar surface area (TPSA) is 58.6 Å². The van der Waals surface area contributed by atoms with Crippen LogP contribution in [0.2, 0.25) is 0 Å². The largest absolute Gasteiger partial charge is 0.378 e. The van der Waals surface area contributed by atoms with E-state index in [1.165, 1.54) is 23.6 Å². The average molecular weight is 290 g/mol. The monoisotopic (exact) mass is 290 g/mol. The van der Waals surface area contributed by atoms with E-state index in [0.717, 1.165) is 19.3 Å². The Labute approximate surface area is 116 Å². The minimum absolute atomic E-state index is 0.0387. The van der Waals surface area contributed by atoms with Crippen molar-refractivity contribution >= 4 is 10.2 Å². The molecule has 0 saturated heterocycles. The first kappa shape index (κ1) is 15.2. The van der Waals surface area contributed by atoms with E-state index >= 15 is 0 Å². The Morgan fingerprint density at radius 3 is 2.42 bits per heavy atom. The molecule has 0 aromatic rings. The Balaban J connectivity index is 2.09. The summed E-state index contributed by atoms with van der Waals surface area (Å²) >= 11 is 0. The van der Waals surface area contributed by atoms with Crippen LogP contribution in [0.4, 0.5) is 0 Å². The smallest absolute Gasteiger partial charge is 0.279 e. The minimum Gasteiger partial charge on any atom is -0.378 e. The van der Waals surface area contributed by atoms with Gasteiger partial charge < -0.3 is 4.74 Å². The van der Waals surface area contributed by atoms with Gasteiger partial charge in [-0.05, 0) is 26.2 Å². The van der Waals surface area contributed by atoms with Gasteiger partial charge in [-0.1, -0.05) is 19.3 Å². The first-order valence-electron chi connectivity index (χ1n) is 7.24. The normalized spacial score (nSPS) is 30.5. The molecule has 2 fully saturated rings. The first-order chi connectivity index (χ1) is 8.92. The van der Waals surface area contributed by atoms with Gasteiger partial charge in [0.25, 0.3) is 10.2 Å². The van der Waals surface area contributed by atoms with Crippen molar-refractivity contribution in [3.05, 3.63) is 0 Å². The second-order valence-electron chi connectivity index (χ2n) is 5.93. The van der Waals surface area contributed by atoms with Crippen molar-refractivity contribution < 1.29 is 13.2 Å². The molecule has 0 aromatic carbocycles. The molecule has 0 amide bonds. The molecule has 2 saturated carbocycles. The minimum atomic E-state index is -3.34. The third-order valence-corrected chi connectivity index (χ3v) is 6.25. The number of ether oxygens (including phenoxy) is 1. The van der Waals surface area contributed by atoms with Crippen molar-refractivity contribution in [2.45, 2.75) is 57.6 Å². The lowest BCUT2D eigenvalue weighted by atomic mass is 9.55. The highest BCUT2D eigenvalue weighted by Gasteiger charge is 2.56. The summed E-state index contributed by atoms with van der Waals surface area (Å²) in [6.07, 6.45) is 6.83. The highest BCUT2D eigenvalue weighted by atomic mass is 32.2. The fourth-order valence-corrected chi connectivity index (χ4v) is 4.41. The van der Waals surface area contributed by atoms with Crippen LogP contribution >= 0.6 is 0 Å². The zero-order valence-corrected chi connectivity index (χ0v) is 13.0. The van der Waals surface area contributed by atoms with E-state index in [4.69, 9.17) is 4.74 Å². The molecule has 2 aliphatic carbocycles. The van der Waals surface area contributed by atoms with Gasteiger partial charge in [-0.25, -0.2) is 0 Å². The van der Waals surface area contributed by atoms with E-state index < -0.39 is 10.2 Å². The summed E-state index contributed by atoms with van der Waals surface area (Å²) in [5, 5.41) is 0. The third kappa shape index (κ3) is 2.82. The van der Waals surface area contributed by atoms with Crippen molar-refractivity contribution in [1.82, 2.24) is 9.03 Å². The molecule has 0 radical (unpaired) electrons. The van der Waals surface area contributed by atoms with E-state index in [9.17, 15) is 8.42 Å². The predicted octanol–water partition coefficient (Wildman–Crippen LogP) is 1.51. The lowest BCUT2D eigenvalue weighted by Gasteiger charge is -2.57. The summed E-state index contributed by atoms with van der Waals surface area (Å²) in [5.74, 6) is 0. The van der Waals surface area contributed by atoms with E-state index in [1.807, 2.05) is 6.92 Å². The molecular weight excluding hydrogens is 264 g/mol. The summed E-state index contributed by atoms with van der Waals surface area (Å²) in [6, 6.07) is 0.0387. The molecule has 0 unspecified atom stereocenters. The van der Waals surface area contributed by atoms with Gasteiger partial charge in [-0.2, -0.15) is 17.4 Å². The molecule has 112 valence electrons. The van der Waals surface area contributed by atoms with Crippen LogP contribution in [0.3, 0.4) is 0 Å². The quantitative estimate of drug-likeness (QED) is 0.835. The van der Waals surface area contributed by atoms with Crippen molar-refractivity contribution in [3.8, 4) is 0 Å². The molecule has 0 aliphatic heterocycles. The number of hydrogen-bond donors (Lipinski definition) is 1. The molecule has 2 rings (SSSR count). The molecule has 1 N–H and O–H groups in total. The highest BCUT2D eigenvalue weighted by molar-refractivity contribution is 7.87. The van der Waals surface area contributed by atoms with Gasteiger partial charge in [0, 0.05) is 32.2 Å². The van der Waals surface area contributed by atoms with Crippen LogP contribution in [-0.4, -0.2) is 45.6 Å². The summed E-state index contributed by atoms with van der Waals surface area (Å²) in [4.78, 5) is 0. The van der Waals surface area contributed by atoms with Crippen molar-refractivity contribution in [1.29, 1.82) is 0 Å². The Morgan fingerprint density at radius 1 is 1.26 bits per heavy atom. The van der Waals surface area contributed by atoms with E-state index in [2.05, 4.69) is 4.72 Å². The maximum atomic E-state index is 12.0. The fraction of sp³-hybridized carbons (Fsp3) is 1.00. The molecule has 5 nitrogen and oxygen atoms in total. The summed E-state index contributed by atoms with van der Waals surface area (Å²) < 4.78 is 33.9. The van der Waals surface area contributed by atoms with Crippen LogP contribution in [0.25, 0.3) is 0 Å². The molecule has 2 aliphatic rings. The van der Waals surface area contributed by atoms with Crippen molar-refractivity contribution in [2.24, 2.45) is 5.41 Å². The Bertz CT molecular complexity index is 402. The number of nitrogens with zero attached hydrogens (tertiary/aromatic N) is 1. The second kappa shape index (κ2) is 5.68. The molecule has 2 atom stereocenters. The third-order valence-electron chi connectivity index (χ3n) is 4.71. The molecule has 6 heteroatoms. The molecular formula is C13H26N2O3S. The van der Waals surface area contributed by atoms with E-state index in [1.54, 1.807) is 14.1 Å². The number of hydrogen-bond acceptors (Lipinski definition) is 3. The van der Waals surface area contributed by atoms with Gasteiger partial charge >= 0.3 is 0 Å². The molecule has 0 aromatic heterocycles. The van der Waals surface area contributed by atoms with E-state index in [0.29, 0.717) is 6.61 Å². The maximum absolute atomic E-state index is 12.0. The van der Waals surface area contributed by atoms with Gasteiger partial charge in [0.15, 0.2) is 0 Å². The zero-order chi connectivity index (χ0) is 14.1. The van der Waals surface area contributed by atoms with Gasteiger partial charge in [-0.3, -0.25) is 0 Å². The zero-order valence-electron chi connectivity index (χ0n) is 12.2. The summed E-state index contributed by atoms with van der Waals surface area (Å²) in [7, 11) is -0.216. The van der Waals surface area contributed by atoms with Gasteiger partial charge in [0.2, 0.25) is 0 Å². The Hall–Kier alpha value is -0.170. The highest BCUT2D eigenvalue weighted by Crippen LogP contribution is 2.53. The predicted molar refractivity (Wildman–Crippen MR) is 75.1 cm³/mol. The van der Waals surface area contributed by atoms with Crippen LogP contribution in [0, 0.1) is 5.41 Å². The van der Waals surface area contributed by atoms with Crippen LogP contribution < -0.4 is 4.72 Å². The number of nitrogens with one attached hydrogen (secondary N) is 1. The van der Waals surface area contributed by atoms with Crippen LogP contribution in [0.5, 0.6) is 0 Å². The number of rotatable bonds is 5. The van der Waals surface area contributed by atoms with Crippen molar-refractivity contribution in [2.75, 3.05) is 20.7 Å². The lowest BCUT2D eigenvalue weighted by molar-refractivity contribution is -0.144. The molecule has 0 heterocycles. The fourth-order valence-electron chi connectivity index (χ4n) is 3.51. The maximum Gasteiger partial charge on any atom is 0.279 e. The summed E-state index contributed by atoms with van der Waals surface area (Å²) in [6.45, 7) is 2.72. The second-order valence-corrected chi connectivity index (χ2v) is 7.85. The SMILES string of the molecule is CCO[C@@H]1C[C@H](NS(=O)(=O)N(C)C)C12CCCCC2. The van der Waals surface area contributed by atoms with Gasteiger partial charge in [-0.15, -0.1) is 0 Å². The van der Waals surface area contributed by atoms with Crippen LogP contribution in [-0.2, 0) is 14.9 Å². The molecule has 1 spiro atoms. The Kier molecular flexibility index (Phi) is 4.55. The Morgan fingerprint density at radius 2 is 1.89 bits per heavy atom. The van der Waals surface area contributed by atoms with Gasteiger partial charge in [0.05, 0.1) is 6.10 Å². The molecule has 0 bridgehead atoms. The van der Waals surface area contributed by atoms with Crippen LogP contribution in [0.1, 0.15) is 45.4 Å². The van der Waals surface area contributed by atoms with Crippen molar-refractivity contribution in [3.63, 3.8) is 0 Å². The average Bonchev–Trinajstić information content (AvgIpc) is 2.38.